The molecule has 0 bridgehead atoms. The van der Waals surface area contributed by atoms with E-state index in [0.29, 0.717) is 0 Å². The normalized spacial score (nSPS) is 12.5. The highest BCUT2D eigenvalue weighted by Gasteiger charge is 2.21. The molecule has 0 spiro atoms. The van der Waals surface area contributed by atoms with Crippen LogP contribution in [0.25, 0.3) is 0 Å². The average molecular weight is 333 g/mol. The Labute approximate surface area is 116 Å². The van der Waals surface area contributed by atoms with Gasteiger partial charge in [0.15, 0.2) is 11.6 Å². The van der Waals surface area contributed by atoms with E-state index in [4.69, 9.17) is 0 Å². The molecule has 0 saturated heterocycles. The molecule has 0 nitrogen and oxygen atoms in total. The standard InChI is InChI=1S/C14H9BrF4/c1-7-5-12(18)9(6-11(7)17)13(15)8-3-2-4-10(16)14(8)19/h2-6,13H,1H3. The summed E-state index contributed by atoms with van der Waals surface area (Å²) in [7, 11) is 0. The van der Waals surface area contributed by atoms with Gasteiger partial charge < -0.3 is 0 Å². The number of benzene rings is 2. The summed E-state index contributed by atoms with van der Waals surface area (Å²) in [5.74, 6) is -3.39. The highest BCUT2D eigenvalue weighted by Crippen LogP contribution is 2.35. The van der Waals surface area contributed by atoms with Crippen LogP contribution in [0.3, 0.4) is 0 Å². The van der Waals surface area contributed by atoms with Crippen molar-refractivity contribution in [3.8, 4) is 0 Å². The van der Waals surface area contributed by atoms with Gasteiger partial charge in [0.1, 0.15) is 11.6 Å². The number of aryl methyl sites for hydroxylation is 1. The van der Waals surface area contributed by atoms with E-state index in [2.05, 4.69) is 15.9 Å². The number of rotatable bonds is 2. The van der Waals surface area contributed by atoms with Gasteiger partial charge in [-0.2, -0.15) is 0 Å². The fraction of sp³-hybridized carbons (Fsp3) is 0.143. The lowest BCUT2D eigenvalue weighted by Gasteiger charge is -2.14. The Balaban J connectivity index is 2.53. The van der Waals surface area contributed by atoms with Crippen molar-refractivity contribution in [1.29, 1.82) is 0 Å². The zero-order valence-electron chi connectivity index (χ0n) is 9.85. The fourth-order valence-electron chi connectivity index (χ4n) is 1.74. The summed E-state index contributed by atoms with van der Waals surface area (Å²) in [5.41, 5.74) is -0.00424. The zero-order chi connectivity index (χ0) is 14.2. The summed E-state index contributed by atoms with van der Waals surface area (Å²) < 4.78 is 54.0. The maximum atomic E-state index is 13.8. The Hall–Kier alpha value is -1.36. The molecule has 0 heterocycles. The van der Waals surface area contributed by atoms with Gasteiger partial charge in [0.05, 0.1) is 4.83 Å². The summed E-state index contributed by atoms with van der Waals surface area (Å²) in [6.45, 7) is 1.42. The summed E-state index contributed by atoms with van der Waals surface area (Å²) in [4.78, 5) is -0.960. The monoisotopic (exact) mass is 332 g/mol. The number of hydrogen-bond donors (Lipinski definition) is 0. The average Bonchev–Trinajstić information content (AvgIpc) is 2.36. The van der Waals surface area contributed by atoms with Gasteiger partial charge in [-0.1, -0.05) is 28.1 Å². The van der Waals surface area contributed by atoms with Crippen LogP contribution in [0.2, 0.25) is 0 Å². The third-order valence-corrected chi connectivity index (χ3v) is 3.79. The minimum atomic E-state index is -1.08. The van der Waals surface area contributed by atoms with Crippen LogP contribution in [-0.4, -0.2) is 0 Å². The van der Waals surface area contributed by atoms with Crippen LogP contribution < -0.4 is 0 Å². The van der Waals surface area contributed by atoms with E-state index in [1.807, 2.05) is 0 Å². The molecule has 0 aliphatic heterocycles. The lowest BCUT2D eigenvalue weighted by Crippen LogP contribution is -2.03. The lowest BCUT2D eigenvalue weighted by atomic mass is 10.0. The van der Waals surface area contributed by atoms with Crippen molar-refractivity contribution in [3.05, 3.63) is 70.3 Å². The molecule has 0 fully saturated rings. The molecule has 0 amide bonds. The highest BCUT2D eigenvalue weighted by atomic mass is 79.9. The molecule has 0 saturated carbocycles. The number of halogens is 5. The van der Waals surface area contributed by atoms with Crippen LogP contribution in [-0.2, 0) is 0 Å². The van der Waals surface area contributed by atoms with Gasteiger partial charge in [-0.05, 0) is 30.7 Å². The topological polar surface area (TPSA) is 0 Å². The summed E-state index contributed by atoms with van der Waals surface area (Å²) >= 11 is 3.08. The van der Waals surface area contributed by atoms with Gasteiger partial charge >= 0.3 is 0 Å². The minimum absolute atomic E-state index is 0.0763. The van der Waals surface area contributed by atoms with Gasteiger partial charge in [0.2, 0.25) is 0 Å². The van der Waals surface area contributed by atoms with Crippen molar-refractivity contribution in [3.63, 3.8) is 0 Å². The first-order valence-corrected chi connectivity index (χ1v) is 6.37. The predicted molar refractivity (Wildman–Crippen MR) is 68.2 cm³/mol. The Bertz CT molecular complexity index is 625. The molecule has 0 aliphatic rings. The fourth-order valence-corrected chi connectivity index (χ4v) is 2.44. The molecule has 1 unspecified atom stereocenters. The van der Waals surface area contributed by atoms with Crippen molar-refractivity contribution in [1.82, 2.24) is 0 Å². The van der Waals surface area contributed by atoms with E-state index >= 15 is 0 Å². The first kappa shape index (κ1) is 14.1. The SMILES string of the molecule is Cc1cc(F)c(C(Br)c2cccc(F)c2F)cc1F. The van der Waals surface area contributed by atoms with Crippen molar-refractivity contribution in [2.24, 2.45) is 0 Å². The van der Waals surface area contributed by atoms with Crippen LogP contribution in [0, 0.1) is 30.2 Å². The van der Waals surface area contributed by atoms with Crippen molar-refractivity contribution >= 4 is 15.9 Å². The first-order chi connectivity index (χ1) is 8.91. The zero-order valence-corrected chi connectivity index (χ0v) is 11.4. The van der Waals surface area contributed by atoms with Gasteiger partial charge in [0.25, 0.3) is 0 Å². The van der Waals surface area contributed by atoms with Crippen LogP contribution >= 0.6 is 15.9 Å². The third kappa shape index (κ3) is 2.66. The van der Waals surface area contributed by atoms with Gasteiger partial charge in [-0.25, -0.2) is 17.6 Å². The molecule has 0 aromatic heterocycles. The molecule has 0 radical (unpaired) electrons. The predicted octanol–water partition coefficient (Wildman–Crippen LogP) is 5.04. The van der Waals surface area contributed by atoms with E-state index in [1.165, 1.54) is 19.1 Å². The van der Waals surface area contributed by atoms with E-state index in [9.17, 15) is 17.6 Å². The number of alkyl halides is 1. The maximum absolute atomic E-state index is 13.8. The van der Waals surface area contributed by atoms with Crippen molar-refractivity contribution < 1.29 is 17.6 Å². The molecule has 5 heteroatoms. The molecule has 0 N–H and O–H groups in total. The van der Waals surface area contributed by atoms with Crippen LogP contribution in [0.15, 0.2) is 30.3 Å². The highest BCUT2D eigenvalue weighted by molar-refractivity contribution is 9.09. The second-order valence-corrected chi connectivity index (χ2v) is 5.04. The van der Waals surface area contributed by atoms with Gasteiger partial charge in [-0.15, -0.1) is 0 Å². The van der Waals surface area contributed by atoms with Gasteiger partial charge in [-0.3, -0.25) is 0 Å². The third-order valence-electron chi connectivity index (χ3n) is 2.81. The van der Waals surface area contributed by atoms with Crippen molar-refractivity contribution in [2.45, 2.75) is 11.8 Å². The van der Waals surface area contributed by atoms with Crippen LogP contribution in [0.5, 0.6) is 0 Å². The molecule has 100 valence electrons. The molecule has 2 rings (SSSR count). The summed E-state index contributed by atoms with van der Waals surface area (Å²) in [5, 5.41) is 0. The smallest absolute Gasteiger partial charge is 0.163 e. The van der Waals surface area contributed by atoms with Crippen LogP contribution in [0.4, 0.5) is 17.6 Å². The molecule has 2 aromatic rings. The molecule has 2 aromatic carbocycles. The minimum Gasteiger partial charge on any atom is -0.207 e. The van der Waals surface area contributed by atoms with E-state index in [1.54, 1.807) is 0 Å². The maximum Gasteiger partial charge on any atom is 0.163 e. The summed E-state index contributed by atoms with van der Waals surface area (Å²) in [6, 6.07) is 5.59. The number of hydrogen-bond acceptors (Lipinski definition) is 0. The molecule has 19 heavy (non-hydrogen) atoms. The molecule has 1 atom stereocenters. The Morgan fingerprint density at radius 1 is 0.895 bits per heavy atom. The quantitative estimate of drug-likeness (QED) is 0.534. The first-order valence-electron chi connectivity index (χ1n) is 5.45. The van der Waals surface area contributed by atoms with Crippen molar-refractivity contribution in [2.75, 3.05) is 0 Å². The molecule has 0 aliphatic carbocycles. The summed E-state index contributed by atoms with van der Waals surface area (Å²) in [6.07, 6.45) is 0. The van der Waals surface area contributed by atoms with E-state index in [-0.39, 0.29) is 16.7 Å². The second-order valence-electron chi connectivity index (χ2n) is 4.13. The second kappa shape index (κ2) is 5.33. The van der Waals surface area contributed by atoms with Crippen LogP contribution in [0.1, 0.15) is 21.5 Å². The molecular weight excluding hydrogens is 324 g/mol. The largest absolute Gasteiger partial charge is 0.207 e. The Morgan fingerprint density at radius 2 is 1.58 bits per heavy atom. The Morgan fingerprint density at radius 3 is 2.26 bits per heavy atom. The Kier molecular flexibility index (Phi) is 3.94. The van der Waals surface area contributed by atoms with E-state index < -0.39 is 28.1 Å². The van der Waals surface area contributed by atoms with E-state index in [0.717, 1.165) is 18.2 Å². The molecular formula is C14H9BrF4. The van der Waals surface area contributed by atoms with Gasteiger partial charge in [0, 0.05) is 11.1 Å². The lowest BCUT2D eigenvalue weighted by molar-refractivity contribution is 0.499.